The van der Waals surface area contributed by atoms with E-state index in [-0.39, 0.29) is 17.5 Å². The van der Waals surface area contributed by atoms with Gasteiger partial charge in [0.05, 0.1) is 10.9 Å². The van der Waals surface area contributed by atoms with Crippen molar-refractivity contribution < 1.29 is 22.7 Å². The van der Waals surface area contributed by atoms with Crippen LogP contribution in [0.2, 0.25) is 0 Å². The molecule has 1 atom stereocenters. The number of pyridine rings is 1. The molecule has 1 aliphatic heterocycles. The fourth-order valence-electron chi connectivity index (χ4n) is 2.85. The van der Waals surface area contributed by atoms with E-state index in [0.717, 1.165) is 20.5 Å². The molecule has 3 rings (SSSR count). The van der Waals surface area contributed by atoms with Gasteiger partial charge in [0.25, 0.3) is 5.56 Å². The average Bonchev–Trinajstić information content (AvgIpc) is 2.68. The van der Waals surface area contributed by atoms with E-state index in [1.54, 1.807) is 19.1 Å². The van der Waals surface area contributed by atoms with Crippen molar-refractivity contribution in [3.63, 3.8) is 0 Å². The molecule has 0 fully saturated rings. The van der Waals surface area contributed by atoms with Gasteiger partial charge in [-0.25, -0.2) is 12.7 Å². The summed E-state index contributed by atoms with van der Waals surface area (Å²) < 4.78 is 37.6. The van der Waals surface area contributed by atoms with Gasteiger partial charge in [-0.3, -0.25) is 9.59 Å². The number of hydrogen-bond acceptors (Lipinski definition) is 6. The van der Waals surface area contributed by atoms with Crippen LogP contribution in [0.4, 0.5) is 0 Å². The molecule has 0 radical (unpaired) electrons. The van der Waals surface area contributed by atoms with Gasteiger partial charge < -0.3 is 19.4 Å². The molecule has 1 aromatic carbocycles. The predicted octanol–water partition coefficient (Wildman–Crippen LogP) is 0.747. The van der Waals surface area contributed by atoms with E-state index in [2.05, 4.69) is 5.32 Å². The Hall–Kier alpha value is -2.85. The zero-order chi connectivity index (χ0) is 21.2. The van der Waals surface area contributed by atoms with Crippen LogP contribution in [-0.4, -0.2) is 50.5 Å². The number of hydrogen-bond donors (Lipinski definition) is 1. The summed E-state index contributed by atoms with van der Waals surface area (Å²) in [5.41, 5.74) is 0.351. The van der Waals surface area contributed by atoms with Gasteiger partial charge in [-0.05, 0) is 30.7 Å². The van der Waals surface area contributed by atoms with Crippen molar-refractivity contribution in [1.29, 1.82) is 0 Å². The maximum Gasteiger partial charge on any atom is 0.251 e. The highest BCUT2D eigenvalue weighted by Crippen LogP contribution is 2.32. The van der Waals surface area contributed by atoms with Gasteiger partial charge in [0, 0.05) is 26.4 Å². The van der Waals surface area contributed by atoms with E-state index in [0.29, 0.717) is 24.7 Å². The van der Waals surface area contributed by atoms with Gasteiger partial charge in [0.15, 0.2) is 11.5 Å². The first-order valence-corrected chi connectivity index (χ1v) is 10.4. The van der Waals surface area contributed by atoms with Gasteiger partial charge in [0.1, 0.15) is 19.8 Å². The highest BCUT2D eigenvalue weighted by molar-refractivity contribution is 7.89. The van der Waals surface area contributed by atoms with Crippen LogP contribution in [0.15, 0.2) is 46.2 Å². The highest BCUT2D eigenvalue weighted by Gasteiger charge is 2.20. The fourth-order valence-corrected chi connectivity index (χ4v) is 3.77. The SMILES string of the molecule is C[C@@H](NC(=O)Cn1cc(S(=O)(=O)N(C)C)ccc1=O)c1ccc2c(c1)OCCO2. The first-order valence-electron chi connectivity index (χ1n) is 9.00. The summed E-state index contributed by atoms with van der Waals surface area (Å²) in [5, 5.41) is 2.80. The van der Waals surface area contributed by atoms with Crippen molar-refractivity contribution >= 4 is 15.9 Å². The number of carbonyl (C=O) groups is 1. The predicted molar refractivity (Wildman–Crippen MR) is 106 cm³/mol. The Balaban J connectivity index is 1.73. The molecule has 0 spiro atoms. The van der Waals surface area contributed by atoms with Gasteiger partial charge in [-0.15, -0.1) is 0 Å². The zero-order valence-electron chi connectivity index (χ0n) is 16.4. The van der Waals surface area contributed by atoms with E-state index >= 15 is 0 Å². The number of sulfonamides is 1. The molecular formula is C19H23N3O6S. The lowest BCUT2D eigenvalue weighted by Gasteiger charge is -2.21. The van der Waals surface area contributed by atoms with Gasteiger partial charge in [0.2, 0.25) is 15.9 Å². The first-order chi connectivity index (χ1) is 13.7. The van der Waals surface area contributed by atoms with E-state index in [1.165, 1.54) is 26.4 Å². The molecule has 156 valence electrons. The van der Waals surface area contributed by atoms with Crippen molar-refractivity contribution in [2.24, 2.45) is 0 Å². The summed E-state index contributed by atoms with van der Waals surface area (Å²) in [4.78, 5) is 24.4. The number of rotatable bonds is 6. The summed E-state index contributed by atoms with van der Waals surface area (Å²) in [6.45, 7) is 2.46. The number of amides is 1. The lowest BCUT2D eigenvalue weighted by molar-refractivity contribution is -0.122. The van der Waals surface area contributed by atoms with Crippen molar-refractivity contribution in [3.8, 4) is 11.5 Å². The van der Waals surface area contributed by atoms with Crippen molar-refractivity contribution in [2.45, 2.75) is 24.4 Å². The second-order valence-corrected chi connectivity index (χ2v) is 8.96. The van der Waals surface area contributed by atoms with Crippen LogP contribution in [0.1, 0.15) is 18.5 Å². The van der Waals surface area contributed by atoms with Crippen LogP contribution in [0.5, 0.6) is 11.5 Å². The summed E-state index contributed by atoms with van der Waals surface area (Å²) in [7, 11) is -0.920. The summed E-state index contributed by atoms with van der Waals surface area (Å²) >= 11 is 0. The molecule has 0 bridgehead atoms. The van der Waals surface area contributed by atoms with Crippen molar-refractivity contribution in [3.05, 3.63) is 52.4 Å². The van der Waals surface area contributed by atoms with Crippen LogP contribution in [-0.2, 0) is 21.4 Å². The molecule has 1 amide bonds. The van der Waals surface area contributed by atoms with E-state index in [9.17, 15) is 18.0 Å². The third-order valence-electron chi connectivity index (χ3n) is 4.49. The molecule has 2 aromatic rings. The number of nitrogens with one attached hydrogen (secondary N) is 1. The number of aromatic nitrogens is 1. The van der Waals surface area contributed by atoms with Crippen LogP contribution < -0.4 is 20.3 Å². The third-order valence-corrected chi connectivity index (χ3v) is 6.29. The zero-order valence-corrected chi connectivity index (χ0v) is 17.2. The van der Waals surface area contributed by atoms with Gasteiger partial charge in [-0.1, -0.05) is 6.07 Å². The van der Waals surface area contributed by atoms with Crippen LogP contribution in [0, 0.1) is 0 Å². The Bertz CT molecular complexity index is 1080. The largest absolute Gasteiger partial charge is 0.486 e. The van der Waals surface area contributed by atoms with E-state index in [1.807, 2.05) is 6.07 Å². The number of fused-ring (bicyclic) bond motifs is 1. The minimum atomic E-state index is -3.71. The van der Waals surface area contributed by atoms with Gasteiger partial charge in [-0.2, -0.15) is 0 Å². The molecule has 0 unspecified atom stereocenters. The van der Waals surface area contributed by atoms with E-state index < -0.39 is 21.5 Å². The Morgan fingerprint density at radius 2 is 1.86 bits per heavy atom. The molecule has 1 N–H and O–H groups in total. The fraction of sp³-hybridized carbons (Fsp3) is 0.368. The molecule has 10 heteroatoms. The standard InChI is InChI=1S/C19H23N3O6S/c1-13(14-4-6-16-17(10-14)28-9-8-27-16)20-18(23)12-22-11-15(5-7-19(22)24)29(25,26)21(2)3/h4-7,10-11,13H,8-9,12H2,1-3H3,(H,20,23)/t13-/m1/s1. The summed E-state index contributed by atoms with van der Waals surface area (Å²) in [6.07, 6.45) is 1.17. The number of nitrogens with zero attached hydrogens (tertiary/aromatic N) is 2. The molecule has 9 nitrogen and oxygen atoms in total. The Labute approximate surface area is 168 Å². The summed E-state index contributed by atoms with van der Waals surface area (Å²) in [6, 6.07) is 7.43. The van der Waals surface area contributed by atoms with Crippen LogP contribution in [0.3, 0.4) is 0 Å². The Morgan fingerprint density at radius 1 is 1.17 bits per heavy atom. The van der Waals surface area contributed by atoms with Crippen molar-refractivity contribution in [2.75, 3.05) is 27.3 Å². The average molecular weight is 421 g/mol. The van der Waals surface area contributed by atoms with Crippen LogP contribution >= 0.6 is 0 Å². The maximum absolute atomic E-state index is 12.4. The number of carbonyl (C=O) groups excluding carboxylic acids is 1. The second kappa shape index (κ2) is 8.26. The molecule has 29 heavy (non-hydrogen) atoms. The molecule has 0 aliphatic carbocycles. The molecule has 0 saturated heterocycles. The Kier molecular flexibility index (Phi) is 5.94. The van der Waals surface area contributed by atoms with Crippen molar-refractivity contribution in [1.82, 2.24) is 14.2 Å². The monoisotopic (exact) mass is 421 g/mol. The molecule has 1 aliphatic rings. The lowest BCUT2D eigenvalue weighted by Crippen LogP contribution is -2.34. The maximum atomic E-state index is 12.4. The van der Waals surface area contributed by atoms with Crippen LogP contribution in [0.25, 0.3) is 0 Å². The number of benzene rings is 1. The summed E-state index contributed by atoms with van der Waals surface area (Å²) in [5.74, 6) is 0.852. The lowest BCUT2D eigenvalue weighted by atomic mass is 10.1. The highest BCUT2D eigenvalue weighted by atomic mass is 32.2. The first kappa shape index (κ1) is 20.9. The Morgan fingerprint density at radius 3 is 2.55 bits per heavy atom. The van der Waals surface area contributed by atoms with E-state index in [4.69, 9.17) is 9.47 Å². The minimum absolute atomic E-state index is 0.0604. The normalized spacial score (nSPS) is 14.5. The molecule has 0 saturated carbocycles. The molecule has 1 aromatic heterocycles. The second-order valence-electron chi connectivity index (χ2n) is 6.81. The quantitative estimate of drug-likeness (QED) is 0.738. The van der Waals surface area contributed by atoms with Gasteiger partial charge >= 0.3 is 0 Å². The minimum Gasteiger partial charge on any atom is -0.486 e. The smallest absolute Gasteiger partial charge is 0.251 e. The topological polar surface area (TPSA) is 107 Å². The molecular weight excluding hydrogens is 398 g/mol. The molecule has 2 heterocycles. The third kappa shape index (κ3) is 4.60. The number of ether oxygens (including phenoxy) is 2.